The quantitative estimate of drug-likeness (QED) is 0.0883. The Balaban J connectivity index is 0.821. The van der Waals surface area contributed by atoms with E-state index in [1.54, 1.807) is 0 Å². The van der Waals surface area contributed by atoms with Crippen LogP contribution in [0.3, 0.4) is 0 Å². The summed E-state index contributed by atoms with van der Waals surface area (Å²) in [6.45, 7) is 3.44. The number of carboxylic acids is 1. The second kappa shape index (κ2) is 19.2. The number of carbonyl (C=O) groups excluding carboxylic acids is 1. The highest BCUT2D eigenvalue weighted by atomic mass is 16.7. The van der Waals surface area contributed by atoms with Crippen molar-refractivity contribution in [3.63, 3.8) is 0 Å². The Labute approximate surface area is 512 Å². The van der Waals surface area contributed by atoms with Gasteiger partial charge >= 0.3 is 5.97 Å². The van der Waals surface area contributed by atoms with Crippen molar-refractivity contribution < 1.29 is 64.3 Å². The van der Waals surface area contributed by atoms with Crippen LogP contribution in [0.5, 0.6) is 17.2 Å². The minimum absolute atomic E-state index is 0.0127. The van der Waals surface area contributed by atoms with Gasteiger partial charge in [-0.25, -0.2) is 4.79 Å². The Kier molecular flexibility index (Phi) is 12.7. The number of carbonyl (C=O) groups is 2. The topological polar surface area (TPSA) is 237 Å². The third kappa shape index (κ3) is 7.44. The predicted octanol–water partition coefficient (Wildman–Crippen LogP) is 11.1. The average molecular weight is 1200 g/mol. The Morgan fingerprint density at radius 3 is 2.40 bits per heavy atom. The second-order valence-electron chi connectivity index (χ2n) is 33.1. The first-order chi connectivity index (χ1) is 41.8. The third-order valence-electron chi connectivity index (χ3n) is 29.8. The molecule has 4 bridgehead atoms. The van der Waals surface area contributed by atoms with Crippen LogP contribution in [-0.2, 0) is 14.2 Å². The number of aliphatic hydroxyl groups is 4. The summed E-state index contributed by atoms with van der Waals surface area (Å²) in [5, 5.41) is 83.9. The number of nitrogens with one attached hydrogen (secondary N) is 2. The maximum Gasteiger partial charge on any atom is 0.335 e. The average Bonchev–Trinajstić information content (AvgIpc) is 1.61. The van der Waals surface area contributed by atoms with Crippen molar-refractivity contribution in [1.82, 2.24) is 10.9 Å². The molecule has 0 radical (unpaired) electrons. The number of aromatic hydroxyl groups is 2. The lowest BCUT2D eigenvalue weighted by molar-refractivity contribution is -0.349. The van der Waals surface area contributed by atoms with E-state index in [0.29, 0.717) is 48.7 Å². The van der Waals surface area contributed by atoms with E-state index in [9.17, 15) is 45.3 Å². The molecule has 17 rings (SSSR count). The Morgan fingerprint density at radius 2 is 1.60 bits per heavy atom. The summed E-state index contributed by atoms with van der Waals surface area (Å²) >= 11 is 0. The molecule has 2 aromatic rings. The standard InChI is InChI=1S/C72H96N2O13/c1-40-53(41(2)77)57(79)54-46(56(40)78)27-42(61(82)83)28-50(54)85-62-58(80)60(81)72(52(32-76)86-62)30-49-55-47(12-13-48(55)70(87-72)20-7-17-64(35-70)23-22-63(34-64)15-3-4-16-63)68(19-8-26-75)39-84-33-43-29-66-36-67(31-51(66)73-74-71(49,38-66)59(43)68)21-14-45-10-5-9-44-11-6-18-65(44)24-25-69(45,67)37-65/h12,27-28,43-45,49,51-52,58-60,62,73-76,78-81H,3-11,13-26,29-39H2,1-2H3,(H,82,83)/t43-,44+,45-,49+,51+,52+,58+,59+,60+,62+,64+,65-,66-,67-,68+,69-,70-,71-,72+/m0/s1. The summed E-state index contributed by atoms with van der Waals surface area (Å²) in [7, 11) is 0. The molecule has 472 valence electrons. The summed E-state index contributed by atoms with van der Waals surface area (Å²) in [5.74, 6) is -1.43. The molecule has 11 aliphatic carbocycles. The number of carboxylic acid groups (broad SMARTS) is 1. The Morgan fingerprint density at radius 1 is 0.793 bits per heavy atom. The van der Waals surface area contributed by atoms with E-state index in [1.807, 2.05) is 0 Å². The number of rotatable bonds is 8. The number of hydrazine groups is 1. The molecule has 0 amide bonds. The molecular weight excluding hydrogens is 1100 g/mol. The van der Waals surface area contributed by atoms with E-state index in [1.165, 1.54) is 152 Å². The van der Waals surface area contributed by atoms with Crippen LogP contribution in [0.2, 0.25) is 0 Å². The van der Waals surface area contributed by atoms with E-state index < -0.39 is 76.6 Å². The predicted molar refractivity (Wildman–Crippen MR) is 323 cm³/mol. The van der Waals surface area contributed by atoms with Crippen LogP contribution < -0.4 is 15.6 Å². The smallest absolute Gasteiger partial charge is 0.335 e. The normalized spacial score (nSPS) is 47.7. The van der Waals surface area contributed by atoms with Crippen LogP contribution >= 0.6 is 0 Å². The van der Waals surface area contributed by atoms with Crippen LogP contribution in [0.15, 0.2) is 34.9 Å². The molecule has 9 N–H and O–H groups in total. The number of aromatic carboxylic acids is 1. The van der Waals surface area contributed by atoms with Gasteiger partial charge in [0.1, 0.15) is 41.2 Å². The molecule has 2 aromatic carbocycles. The Bertz CT molecular complexity index is 3320. The second-order valence-corrected chi connectivity index (χ2v) is 33.1. The van der Waals surface area contributed by atoms with Crippen molar-refractivity contribution in [2.45, 2.75) is 254 Å². The fourth-order valence-corrected chi connectivity index (χ4v) is 27.2. The molecule has 3 saturated heterocycles. The zero-order valence-corrected chi connectivity index (χ0v) is 51.6. The molecule has 13 fully saturated rings. The molecule has 15 aliphatic rings. The van der Waals surface area contributed by atoms with Gasteiger partial charge in [0.25, 0.3) is 0 Å². The molecule has 0 unspecified atom stereocenters. The number of ether oxygens (including phenoxy) is 4. The van der Waals surface area contributed by atoms with Crippen LogP contribution in [0.4, 0.5) is 0 Å². The number of Topliss-reactive ketones (excluding diaryl/α,β-unsaturated/α-hetero) is 1. The summed E-state index contributed by atoms with van der Waals surface area (Å²) < 4.78 is 29.1. The van der Waals surface area contributed by atoms with Gasteiger partial charge in [0.05, 0.1) is 35.3 Å². The number of phenols is 2. The highest BCUT2D eigenvalue weighted by molar-refractivity contribution is 6.11. The van der Waals surface area contributed by atoms with Crippen LogP contribution in [0.25, 0.3) is 10.8 Å². The van der Waals surface area contributed by atoms with Gasteiger partial charge in [-0.1, -0.05) is 31.8 Å². The lowest BCUT2D eigenvalue weighted by Crippen LogP contribution is -2.81. The van der Waals surface area contributed by atoms with Crippen molar-refractivity contribution >= 4 is 22.5 Å². The van der Waals surface area contributed by atoms with Gasteiger partial charge in [-0.3, -0.25) is 15.6 Å². The summed E-state index contributed by atoms with van der Waals surface area (Å²) in [6, 6.07) is 2.64. The molecule has 15 nitrogen and oxygen atoms in total. The van der Waals surface area contributed by atoms with E-state index in [2.05, 4.69) is 16.9 Å². The molecular formula is C72H96N2O13. The highest BCUT2D eigenvalue weighted by Gasteiger charge is 2.80. The van der Waals surface area contributed by atoms with Crippen molar-refractivity contribution in [3.05, 3.63) is 51.6 Å². The SMILES string of the molecule is CC(=O)c1c(C)c(O)c2cc(C(=O)O)cc(O[C@@H]3O[C@H](CO)[C@]4(C[C@@H]5C6=C(CC=C6[C@@]6(CCCO)COC[C@@H]7C[C@]89C[C@@]5(NN[C@@H]8C[C@@]5(CC[C@@H]8CCC[C@@H]%10CCC[C@@]%10%11CC[C@]85C%11)C9)[C@H]76)[C@@]5(CCC[C@]6(CCC7(CCCC7)C6)C5)O4)[C@H](O)[C@H]3O)c2c1O. The first kappa shape index (κ1) is 57.3. The fourth-order valence-electron chi connectivity index (χ4n) is 27.2. The van der Waals surface area contributed by atoms with E-state index in [-0.39, 0.29) is 86.3 Å². The number of fused-ring (bicyclic) bond motifs is 3. The number of hydrogen-bond donors (Lipinski definition) is 9. The molecule has 10 saturated carbocycles. The Hall–Kier alpha value is -3.64. The molecule has 19 atom stereocenters. The fraction of sp³-hybridized carbons (Fsp3) is 0.778. The van der Waals surface area contributed by atoms with Crippen molar-refractivity contribution in [2.75, 3.05) is 26.4 Å². The van der Waals surface area contributed by atoms with Crippen LogP contribution in [0, 0.1) is 74.4 Å². The largest absolute Gasteiger partial charge is 0.507 e. The minimum atomic E-state index is -1.84. The number of ketones is 1. The summed E-state index contributed by atoms with van der Waals surface area (Å²) in [6.07, 6.45) is 30.0. The summed E-state index contributed by atoms with van der Waals surface area (Å²) in [5.41, 5.74) is 9.98. The number of benzene rings is 2. The molecule has 0 aromatic heterocycles. The number of aliphatic hydroxyl groups excluding tert-OH is 4. The van der Waals surface area contributed by atoms with Gasteiger partial charge < -0.3 is 54.7 Å². The zero-order valence-electron chi connectivity index (χ0n) is 51.6. The number of phenolic OH excluding ortho intramolecular Hbond substituents is 2. The van der Waals surface area contributed by atoms with E-state index in [4.69, 9.17) is 18.9 Å². The van der Waals surface area contributed by atoms with Gasteiger partial charge in [0, 0.05) is 47.1 Å². The highest BCUT2D eigenvalue weighted by Crippen LogP contribution is 2.82. The van der Waals surface area contributed by atoms with Crippen molar-refractivity contribution in [3.8, 4) is 17.2 Å². The van der Waals surface area contributed by atoms with Crippen LogP contribution in [0.1, 0.15) is 226 Å². The first-order valence-corrected chi connectivity index (χ1v) is 34.7. The molecule has 4 aliphatic heterocycles. The van der Waals surface area contributed by atoms with Gasteiger partial charge in [0.15, 0.2) is 5.78 Å². The van der Waals surface area contributed by atoms with Gasteiger partial charge in [0.2, 0.25) is 6.29 Å². The van der Waals surface area contributed by atoms with Gasteiger partial charge in [-0.05, 0) is 266 Å². The number of hydrogen-bond acceptors (Lipinski definition) is 14. The van der Waals surface area contributed by atoms with Crippen molar-refractivity contribution in [1.29, 1.82) is 0 Å². The van der Waals surface area contributed by atoms with E-state index >= 15 is 0 Å². The number of allylic oxidation sites excluding steroid dienone is 1. The first-order valence-electron chi connectivity index (χ1n) is 34.7. The van der Waals surface area contributed by atoms with Crippen molar-refractivity contribution in [2.24, 2.45) is 67.5 Å². The van der Waals surface area contributed by atoms with Gasteiger partial charge in [-0.2, -0.15) is 0 Å². The molecule has 9 spiro atoms. The van der Waals surface area contributed by atoms with E-state index in [0.717, 1.165) is 69.3 Å². The lowest BCUT2D eigenvalue weighted by Gasteiger charge is -2.72. The third-order valence-corrected chi connectivity index (χ3v) is 29.8. The molecule has 4 heterocycles. The van der Waals surface area contributed by atoms with Gasteiger partial charge in [-0.15, -0.1) is 0 Å². The molecule has 15 heteroatoms. The maximum absolute atomic E-state index is 13.9. The monoisotopic (exact) mass is 1200 g/mol. The molecule has 87 heavy (non-hydrogen) atoms. The maximum atomic E-state index is 13.9. The zero-order chi connectivity index (χ0) is 59.7. The lowest BCUT2D eigenvalue weighted by atomic mass is 9.38. The summed E-state index contributed by atoms with van der Waals surface area (Å²) in [4.78, 5) is 25.9. The minimum Gasteiger partial charge on any atom is -0.507 e. The van der Waals surface area contributed by atoms with Crippen LogP contribution in [-0.4, -0.2) is 121 Å².